The van der Waals surface area contributed by atoms with Crippen LogP contribution in [0.25, 0.3) is 0 Å². The van der Waals surface area contributed by atoms with Crippen LogP contribution >= 0.6 is 0 Å². The Morgan fingerprint density at radius 3 is 1.45 bits per heavy atom. The second-order valence-corrected chi connectivity index (χ2v) is 10.2. The number of hydrogen-bond acceptors (Lipinski definition) is 4. The Bertz CT molecular complexity index is 429. The van der Waals surface area contributed by atoms with E-state index in [-0.39, 0.29) is 29.6 Å². The molecular weight excluding hydrogens is 395 g/mol. The Hall–Kier alpha value is 0.870. The van der Waals surface area contributed by atoms with Gasteiger partial charge in [0.1, 0.15) is 0 Å². The van der Waals surface area contributed by atoms with Gasteiger partial charge in [-0.15, -0.1) is 0 Å². The van der Waals surface area contributed by atoms with Crippen LogP contribution in [0.5, 0.6) is 0 Å². The minimum atomic E-state index is -4.24. The van der Waals surface area contributed by atoms with Crippen molar-refractivity contribution in [3.05, 3.63) is 0 Å². The number of aliphatic hydroxyl groups is 1. The van der Waals surface area contributed by atoms with Crippen LogP contribution in [0.2, 0.25) is 0 Å². The van der Waals surface area contributed by atoms with Gasteiger partial charge >= 0.3 is 29.6 Å². The first-order chi connectivity index (χ1) is 13.4. The summed E-state index contributed by atoms with van der Waals surface area (Å²) in [5.41, 5.74) is 0. The van der Waals surface area contributed by atoms with Crippen molar-refractivity contribution in [2.75, 3.05) is 0 Å². The maximum atomic E-state index is 11.3. The van der Waals surface area contributed by atoms with E-state index in [1.54, 1.807) is 0 Å². The molecule has 0 aliphatic rings. The molecule has 29 heavy (non-hydrogen) atoms. The van der Waals surface area contributed by atoms with Crippen LogP contribution < -0.4 is 29.6 Å². The molecule has 170 valence electrons. The molecule has 0 saturated carbocycles. The topological polar surface area (TPSA) is 77.4 Å². The van der Waals surface area contributed by atoms with Crippen molar-refractivity contribution in [1.82, 2.24) is 0 Å². The van der Waals surface area contributed by atoms with E-state index in [4.69, 9.17) is 0 Å². The summed E-state index contributed by atoms with van der Waals surface area (Å²) >= 11 is 0. The van der Waals surface area contributed by atoms with Crippen LogP contribution in [0.4, 0.5) is 0 Å². The molecule has 0 fully saturated rings. The van der Waals surface area contributed by atoms with Crippen molar-refractivity contribution in [3.8, 4) is 0 Å². The molecule has 1 N–H and O–H groups in total. The maximum absolute atomic E-state index is 11.3. The molecule has 0 heterocycles. The van der Waals surface area contributed by atoms with E-state index in [2.05, 4.69) is 6.92 Å². The molecule has 0 aliphatic heterocycles. The second-order valence-electron chi connectivity index (χ2n) is 8.52. The molecule has 0 rings (SSSR count). The van der Waals surface area contributed by atoms with Crippen LogP contribution in [0.15, 0.2) is 0 Å². The first-order valence-corrected chi connectivity index (χ1v) is 13.5. The zero-order valence-corrected chi connectivity index (χ0v) is 22.5. The predicted octanol–water partition coefficient (Wildman–Crippen LogP) is 3.72. The van der Waals surface area contributed by atoms with E-state index < -0.39 is 21.5 Å². The molecule has 0 aromatic rings. The fraction of sp³-hybridized carbons (Fsp3) is 1.00. The van der Waals surface area contributed by atoms with Gasteiger partial charge in [-0.25, -0.2) is 8.42 Å². The van der Waals surface area contributed by atoms with Crippen molar-refractivity contribution < 1.29 is 47.6 Å². The summed E-state index contributed by atoms with van der Waals surface area (Å²) in [5, 5.41) is 9.24. The smallest absolute Gasteiger partial charge is 0.748 e. The standard InChI is InChI=1S/C23H48O4S.Na/c1-3-5-7-8-9-10-11-12-13-14-15-16-17-18-22(24)20-21-23(19-6-4-2)28(25,26)27;/h22-24H,3-21H2,1-2H3,(H,25,26,27);/q;+1/p-1. The van der Waals surface area contributed by atoms with Gasteiger partial charge in [-0.2, -0.15) is 0 Å². The number of rotatable bonds is 21. The summed E-state index contributed by atoms with van der Waals surface area (Å²) in [6.07, 6.45) is 19.9. The summed E-state index contributed by atoms with van der Waals surface area (Å²) < 4.78 is 33.9. The number of hydrogen-bond donors (Lipinski definition) is 1. The Morgan fingerprint density at radius 2 is 1.03 bits per heavy atom. The van der Waals surface area contributed by atoms with Gasteiger partial charge in [0.2, 0.25) is 0 Å². The number of aliphatic hydroxyl groups excluding tert-OH is 1. The largest absolute Gasteiger partial charge is 1.00 e. The zero-order chi connectivity index (χ0) is 21.1. The molecule has 6 heteroatoms. The van der Waals surface area contributed by atoms with Gasteiger partial charge in [0.15, 0.2) is 0 Å². The van der Waals surface area contributed by atoms with E-state index in [1.165, 1.54) is 70.6 Å². The van der Waals surface area contributed by atoms with Gasteiger partial charge in [-0.05, 0) is 25.7 Å². The molecule has 4 nitrogen and oxygen atoms in total. The molecule has 2 atom stereocenters. The summed E-state index contributed by atoms with van der Waals surface area (Å²) in [6.45, 7) is 4.24. The molecule has 0 radical (unpaired) electrons. The quantitative estimate of drug-likeness (QED) is 0.167. The molecule has 2 unspecified atom stereocenters. The van der Waals surface area contributed by atoms with Gasteiger partial charge in [0.25, 0.3) is 0 Å². The molecule has 0 aromatic carbocycles. The molecule has 0 spiro atoms. The Morgan fingerprint density at radius 1 is 0.621 bits per heavy atom. The van der Waals surface area contributed by atoms with Gasteiger partial charge in [0.05, 0.1) is 16.2 Å². The van der Waals surface area contributed by atoms with Crippen LogP contribution in [0, 0.1) is 0 Å². The average molecular weight is 443 g/mol. The average Bonchev–Trinajstić information content (AvgIpc) is 2.64. The van der Waals surface area contributed by atoms with E-state index in [0.717, 1.165) is 32.1 Å². The fourth-order valence-electron chi connectivity index (χ4n) is 3.79. The number of unbranched alkanes of at least 4 members (excludes halogenated alkanes) is 13. The molecule has 0 amide bonds. The zero-order valence-electron chi connectivity index (χ0n) is 19.7. The van der Waals surface area contributed by atoms with Crippen LogP contribution in [0.1, 0.15) is 136 Å². The molecule has 0 aliphatic carbocycles. The summed E-state index contributed by atoms with van der Waals surface area (Å²) in [7, 11) is -4.24. The summed E-state index contributed by atoms with van der Waals surface area (Å²) in [6, 6.07) is 0. The van der Waals surface area contributed by atoms with E-state index in [1.807, 2.05) is 6.92 Å². The van der Waals surface area contributed by atoms with Crippen LogP contribution in [0.3, 0.4) is 0 Å². The third-order valence-corrected chi connectivity index (χ3v) is 7.04. The van der Waals surface area contributed by atoms with Gasteiger partial charge in [0, 0.05) is 5.25 Å². The van der Waals surface area contributed by atoms with E-state index in [0.29, 0.717) is 19.3 Å². The fourth-order valence-corrected chi connectivity index (χ4v) is 4.67. The van der Waals surface area contributed by atoms with E-state index in [9.17, 15) is 18.1 Å². The molecule has 0 aromatic heterocycles. The first-order valence-electron chi connectivity index (χ1n) is 12.0. The second kappa shape index (κ2) is 22.1. The van der Waals surface area contributed by atoms with Crippen molar-refractivity contribution in [1.29, 1.82) is 0 Å². The SMILES string of the molecule is CCCCCCCCCCCCCCCC(O)CCC(CCCC)S(=O)(=O)[O-].[Na+]. The Balaban J connectivity index is 0. The minimum absolute atomic E-state index is 0. The Labute approximate surface area is 204 Å². The molecular formula is C23H47NaO4S. The monoisotopic (exact) mass is 442 g/mol. The molecule has 0 saturated heterocycles. The van der Waals surface area contributed by atoms with Gasteiger partial charge in [-0.1, -0.05) is 110 Å². The minimum Gasteiger partial charge on any atom is -0.748 e. The van der Waals surface area contributed by atoms with Gasteiger partial charge < -0.3 is 9.66 Å². The van der Waals surface area contributed by atoms with Crippen LogP contribution in [-0.2, 0) is 10.1 Å². The summed E-state index contributed by atoms with van der Waals surface area (Å²) in [5.74, 6) is 0. The first kappa shape index (κ1) is 32.1. The normalized spacial score (nSPS) is 13.8. The maximum Gasteiger partial charge on any atom is 1.00 e. The van der Waals surface area contributed by atoms with Crippen molar-refractivity contribution in [2.24, 2.45) is 0 Å². The van der Waals surface area contributed by atoms with Crippen molar-refractivity contribution in [3.63, 3.8) is 0 Å². The van der Waals surface area contributed by atoms with Crippen LogP contribution in [-0.4, -0.2) is 29.4 Å². The summed E-state index contributed by atoms with van der Waals surface area (Å²) in [4.78, 5) is 0. The van der Waals surface area contributed by atoms with Crippen molar-refractivity contribution in [2.45, 2.75) is 147 Å². The Kier molecular flexibility index (Phi) is 24.4. The molecule has 0 bridgehead atoms. The third kappa shape index (κ3) is 21.9. The van der Waals surface area contributed by atoms with E-state index >= 15 is 0 Å². The predicted molar refractivity (Wildman–Crippen MR) is 119 cm³/mol. The van der Waals surface area contributed by atoms with Gasteiger partial charge in [-0.3, -0.25) is 0 Å². The van der Waals surface area contributed by atoms with Crippen molar-refractivity contribution >= 4 is 10.1 Å². The third-order valence-electron chi connectivity index (χ3n) is 5.75.